The van der Waals surface area contributed by atoms with E-state index in [9.17, 15) is 13.2 Å². The Morgan fingerprint density at radius 1 is 1.42 bits per heavy atom. The first kappa shape index (κ1) is 14.3. The van der Waals surface area contributed by atoms with E-state index in [0.29, 0.717) is 18.1 Å². The lowest BCUT2D eigenvalue weighted by molar-refractivity contribution is -0.137. The van der Waals surface area contributed by atoms with Gasteiger partial charge in [-0.2, -0.15) is 0 Å². The van der Waals surface area contributed by atoms with Gasteiger partial charge in [0.2, 0.25) is 10.0 Å². The molecule has 0 N–H and O–H groups in total. The number of thioether (sulfide) groups is 1. The molecule has 6 nitrogen and oxygen atoms in total. The van der Waals surface area contributed by atoms with Gasteiger partial charge < -0.3 is 4.74 Å². The number of cyclic esters (lactones) is 1. The van der Waals surface area contributed by atoms with E-state index < -0.39 is 10.0 Å². The molecule has 104 valence electrons. The fraction of sp³-hybridized carbons (Fsp3) is 0.455. The zero-order chi connectivity index (χ0) is 14.0. The van der Waals surface area contributed by atoms with E-state index >= 15 is 0 Å². The van der Waals surface area contributed by atoms with Gasteiger partial charge in [0, 0.05) is 26.7 Å². The van der Waals surface area contributed by atoms with Gasteiger partial charge in [-0.25, -0.2) is 17.7 Å². The molecule has 1 aromatic heterocycles. The van der Waals surface area contributed by atoms with Crippen LogP contribution in [-0.2, 0) is 19.6 Å². The van der Waals surface area contributed by atoms with Crippen molar-refractivity contribution in [2.75, 3.05) is 20.7 Å². The molecule has 0 amide bonds. The van der Waals surface area contributed by atoms with Crippen LogP contribution < -0.4 is 0 Å². The maximum atomic E-state index is 11.8. The number of carbonyl (C=O) groups excluding carboxylic acids is 1. The van der Waals surface area contributed by atoms with Crippen molar-refractivity contribution in [2.45, 2.75) is 21.6 Å². The highest BCUT2D eigenvalue weighted by molar-refractivity contribution is 8.00. The summed E-state index contributed by atoms with van der Waals surface area (Å²) >= 11 is 1.29. The number of sulfonamides is 1. The molecule has 1 aromatic rings. The number of hydrogen-bond acceptors (Lipinski definition) is 6. The van der Waals surface area contributed by atoms with Crippen molar-refractivity contribution in [3.63, 3.8) is 0 Å². The van der Waals surface area contributed by atoms with Crippen molar-refractivity contribution in [3.8, 4) is 0 Å². The Labute approximate surface area is 116 Å². The van der Waals surface area contributed by atoms with Gasteiger partial charge in [0.15, 0.2) is 0 Å². The molecular weight excluding hydrogens is 288 g/mol. The minimum atomic E-state index is -3.46. The van der Waals surface area contributed by atoms with Crippen LogP contribution in [0.1, 0.15) is 6.42 Å². The molecule has 0 bridgehead atoms. The Balaban J connectivity index is 2.13. The third-order valence-corrected chi connectivity index (χ3v) is 5.63. The van der Waals surface area contributed by atoms with Crippen molar-refractivity contribution in [1.29, 1.82) is 0 Å². The summed E-state index contributed by atoms with van der Waals surface area (Å²) in [6.07, 6.45) is 1.96. The van der Waals surface area contributed by atoms with Gasteiger partial charge in [-0.05, 0) is 12.1 Å². The first-order chi connectivity index (χ1) is 8.91. The van der Waals surface area contributed by atoms with E-state index in [1.165, 1.54) is 38.1 Å². The summed E-state index contributed by atoms with van der Waals surface area (Å²) in [7, 11) is -0.532. The Morgan fingerprint density at radius 2 is 2.16 bits per heavy atom. The second kappa shape index (κ2) is 5.48. The molecule has 1 saturated heterocycles. The van der Waals surface area contributed by atoms with E-state index in [1.54, 1.807) is 6.07 Å². The highest BCUT2D eigenvalue weighted by Gasteiger charge is 2.28. The molecule has 0 aromatic carbocycles. The van der Waals surface area contributed by atoms with Crippen LogP contribution >= 0.6 is 11.8 Å². The standard InChI is InChI=1S/C11H14N2O4S2/c1-13(2)19(15,16)8-3-4-10(12-7-8)18-9-5-6-17-11(9)14/h3-4,7,9H,5-6H2,1-2H3/t9-/m0/s1. The van der Waals surface area contributed by atoms with Crippen molar-refractivity contribution in [1.82, 2.24) is 9.29 Å². The van der Waals surface area contributed by atoms with Crippen molar-refractivity contribution in [2.24, 2.45) is 0 Å². The second-order valence-electron chi connectivity index (χ2n) is 4.18. The zero-order valence-corrected chi connectivity index (χ0v) is 12.2. The van der Waals surface area contributed by atoms with Crippen LogP contribution in [0.2, 0.25) is 0 Å². The molecule has 19 heavy (non-hydrogen) atoms. The minimum absolute atomic E-state index is 0.135. The maximum Gasteiger partial charge on any atom is 0.319 e. The Hall–Kier alpha value is -1.12. The average molecular weight is 302 g/mol. The molecule has 2 heterocycles. The fourth-order valence-corrected chi connectivity index (χ4v) is 3.31. The molecule has 1 atom stereocenters. The number of carbonyl (C=O) groups is 1. The molecule has 8 heteroatoms. The van der Waals surface area contributed by atoms with E-state index in [1.807, 2.05) is 0 Å². The van der Waals surface area contributed by atoms with Gasteiger partial charge in [-0.15, -0.1) is 0 Å². The highest BCUT2D eigenvalue weighted by atomic mass is 32.2. The van der Waals surface area contributed by atoms with Gasteiger partial charge in [0.05, 0.1) is 11.6 Å². The van der Waals surface area contributed by atoms with Crippen molar-refractivity contribution >= 4 is 27.8 Å². The molecule has 0 unspecified atom stereocenters. The average Bonchev–Trinajstić information content (AvgIpc) is 2.75. The number of rotatable bonds is 4. The molecule has 0 radical (unpaired) electrons. The Kier molecular flexibility index (Phi) is 4.12. The number of pyridine rings is 1. The van der Waals surface area contributed by atoms with Crippen LogP contribution in [0.15, 0.2) is 28.3 Å². The zero-order valence-electron chi connectivity index (χ0n) is 10.6. The third-order valence-electron chi connectivity index (χ3n) is 2.64. The van der Waals surface area contributed by atoms with Crippen LogP contribution in [0.25, 0.3) is 0 Å². The first-order valence-electron chi connectivity index (χ1n) is 5.63. The summed E-state index contributed by atoms with van der Waals surface area (Å²) in [5, 5.41) is 0.366. The first-order valence-corrected chi connectivity index (χ1v) is 7.95. The maximum absolute atomic E-state index is 11.8. The van der Waals surface area contributed by atoms with E-state index in [4.69, 9.17) is 4.74 Å². The van der Waals surface area contributed by atoms with Gasteiger partial charge >= 0.3 is 5.97 Å². The molecule has 0 spiro atoms. The van der Waals surface area contributed by atoms with Gasteiger partial charge in [-0.3, -0.25) is 4.79 Å². The van der Waals surface area contributed by atoms with E-state index in [2.05, 4.69) is 4.98 Å². The highest BCUT2D eigenvalue weighted by Crippen LogP contribution is 2.28. The summed E-state index contributed by atoms with van der Waals surface area (Å²) in [5.41, 5.74) is 0. The van der Waals surface area contributed by atoms with E-state index in [0.717, 1.165) is 4.31 Å². The fourth-order valence-electron chi connectivity index (χ4n) is 1.53. The number of ether oxygens (including phenoxy) is 1. The Bertz CT molecular complexity index is 569. The lowest BCUT2D eigenvalue weighted by Gasteiger charge is -2.11. The van der Waals surface area contributed by atoms with Crippen LogP contribution in [0.3, 0.4) is 0 Å². The van der Waals surface area contributed by atoms with Crippen LogP contribution in [-0.4, -0.2) is 49.6 Å². The number of hydrogen-bond donors (Lipinski definition) is 0. The minimum Gasteiger partial charge on any atom is -0.465 e. The number of esters is 1. The summed E-state index contributed by atoms with van der Waals surface area (Å²) < 4.78 is 29.7. The predicted molar refractivity (Wildman–Crippen MR) is 70.3 cm³/mol. The van der Waals surface area contributed by atoms with Crippen LogP contribution in [0.4, 0.5) is 0 Å². The van der Waals surface area contributed by atoms with Crippen LogP contribution in [0.5, 0.6) is 0 Å². The third kappa shape index (κ3) is 3.07. The van der Waals surface area contributed by atoms with Crippen molar-refractivity contribution in [3.05, 3.63) is 18.3 Å². The quantitative estimate of drug-likeness (QED) is 0.764. The summed E-state index contributed by atoms with van der Waals surface area (Å²) in [5.74, 6) is -0.239. The summed E-state index contributed by atoms with van der Waals surface area (Å²) in [6, 6.07) is 3.09. The SMILES string of the molecule is CN(C)S(=O)(=O)c1ccc(S[C@H]2CCOC2=O)nc1. The Morgan fingerprint density at radius 3 is 2.63 bits per heavy atom. The van der Waals surface area contributed by atoms with Crippen molar-refractivity contribution < 1.29 is 17.9 Å². The van der Waals surface area contributed by atoms with Gasteiger partial charge in [-0.1, -0.05) is 11.8 Å². The van der Waals surface area contributed by atoms with Gasteiger partial charge in [0.25, 0.3) is 0 Å². The predicted octanol–water partition coefficient (Wildman–Crippen LogP) is 0.740. The lowest BCUT2D eigenvalue weighted by atomic mass is 10.4. The normalized spacial score (nSPS) is 19.7. The van der Waals surface area contributed by atoms with Gasteiger partial charge in [0.1, 0.15) is 10.1 Å². The smallest absolute Gasteiger partial charge is 0.319 e. The molecule has 0 saturated carbocycles. The molecule has 1 fully saturated rings. The summed E-state index contributed by atoms with van der Waals surface area (Å²) in [6.45, 7) is 0.434. The molecule has 0 aliphatic carbocycles. The second-order valence-corrected chi connectivity index (χ2v) is 7.56. The lowest BCUT2D eigenvalue weighted by Crippen LogP contribution is -2.22. The van der Waals surface area contributed by atoms with E-state index in [-0.39, 0.29) is 16.1 Å². The topological polar surface area (TPSA) is 76.6 Å². The molecule has 1 aliphatic heterocycles. The molecular formula is C11H14N2O4S2. The number of nitrogens with zero attached hydrogens (tertiary/aromatic N) is 2. The molecule has 1 aliphatic rings. The van der Waals surface area contributed by atoms with Crippen LogP contribution in [0, 0.1) is 0 Å². The largest absolute Gasteiger partial charge is 0.465 e. The molecule has 2 rings (SSSR count). The summed E-state index contributed by atoms with van der Waals surface area (Å²) in [4.78, 5) is 15.5. The number of aromatic nitrogens is 1. The monoisotopic (exact) mass is 302 g/mol.